The molecule has 3 aromatic rings. The molecule has 156 valence electrons. The van der Waals surface area contributed by atoms with Crippen molar-refractivity contribution < 1.29 is 23.1 Å². The number of anilines is 1. The minimum Gasteiger partial charge on any atom is -0.505 e. The van der Waals surface area contributed by atoms with Crippen LogP contribution in [0.2, 0.25) is 5.02 Å². The molecule has 1 saturated heterocycles. The van der Waals surface area contributed by atoms with Crippen molar-refractivity contribution in [2.75, 3.05) is 31.1 Å². The Morgan fingerprint density at radius 3 is 2.53 bits per heavy atom. The smallest absolute Gasteiger partial charge is 0.167 e. The van der Waals surface area contributed by atoms with Crippen molar-refractivity contribution in [3.63, 3.8) is 0 Å². The Balaban J connectivity index is 1.72. The van der Waals surface area contributed by atoms with Gasteiger partial charge in [0.1, 0.15) is 22.6 Å². The molecule has 0 amide bonds. The highest BCUT2D eigenvalue weighted by atomic mass is 35.5. The SMILES string of the molecule is O=CC=CN1CCN(c2snc3c(F)c(-c4cc(O)c(F)cc4F)c(Cl)cc23)CC1. The summed E-state index contributed by atoms with van der Waals surface area (Å²) in [4.78, 5) is 14.5. The van der Waals surface area contributed by atoms with Crippen LogP contribution in [-0.2, 0) is 4.79 Å². The standard InChI is InChI=1S/C20H15ClF3N3O2S/c21-13-8-12-19(18(24)17(13)11-9-16(29)15(23)10-14(11)22)25-30-20(12)27-5-3-26(4-6-27)2-1-7-28/h1-2,7-10,29H,3-6H2. The van der Waals surface area contributed by atoms with Crippen LogP contribution in [0.1, 0.15) is 0 Å². The summed E-state index contributed by atoms with van der Waals surface area (Å²) < 4.78 is 47.1. The summed E-state index contributed by atoms with van der Waals surface area (Å²) in [7, 11) is 0. The molecule has 5 nitrogen and oxygen atoms in total. The number of carbonyl (C=O) groups excluding carboxylic acids is 1. The van der Waals surface area contributed by atoms with Crippen LogP contribution < -0.4 is 4.90 Å². The molecule has 1 aromatic heterocycles. The molecule has 30 heavy (non-hydrogen) atoms. The highest BCUT2D eigenvalue weighted by molar-refractivity contribution is 7.11. The summed E-state index contributed by atoms with van der Waals surface area (Å²) in [5.74, 6) is -3.83. The van der Waals surface area contributed by atoms with Gasteiger partial charge in [0.15, 0.2) is 17.4 Å². The molecule has 0 radical (unpaired) electrons. The third-order valence-electron chi connectivity index (χ3n) is 4.93. The van der Waals surface area contributed by atoms with Crippen molar-refractivity contribution in [3.8, 4) is 16.9 Å². The van der Waals surface area contributed by atoms with Crippen LogP contribution in [0.5, 0.6) is 5.75 Å². The number of piperazine rings is 1. The van der Waals surface area contributed by atoms with Crippen molar-refractivity contribution in [2.45, 2.75) is 0 Å². The number of allylic oxidation sites excluding steroid dienone is 1. The van der Waals surface area contributed by atoms with E-state index in [9.17, 15) is 18.7 Å². The number of phenolic OH excluding ortho intramolecular Hbond substituents is 1. The first-order valence-corrected chi connectivity index (χ1v) is 10.1. The van der Waals surface area contributed by atoms with E-state index in [1.807, 2.05) is 9.80 Å². The van der Waals surface area contributed by atoms with Gasteiger partial charge in [0, 0.05) is 55.0 Å². The van der Waals surface area contributed by atoms with Gasteiger partial charge < -0.3 is 14.9 Å². The van der Waals surface area contributed by atoms with Crippen LogP contribution >= 0.6 is 23.1 Å². The molecule has 1 aliphatic heterocycles. The number of fused-ring (bicyclic) bond motifs is 1. The van der Waals surface area contributed by atoms with Crippen molar-refractivity contribution in [1.29, 1.82) is 0 Å². The number of rotatable bonds is 4. The fraction of sp³-hybridized carbons (Fsp3) is 0.200. The lowest BCUT2D eigenvalue weighted by atomic mass is 10.0. The first-order valence-electron chi connectivity index (χ1n) is 8.97. The van der Waals surface area contributed by atoms with E-state index in [2.05, 4.69) is 4.37 Å². The predicted octanol–water partition coefficient (Wildman–Crippen LogP) is 4.57. The quantitative estimate of drug-likeness (QED) is 0.463. The van der Waals surface area contributed by atoms with Gasteiger partial charge in [0.05, 0.1) is 5.02 Å². The highest BCUT2D eigenvalue weighted by Crippen LogP contribution is 2.42. The van der Waals surface area contributed by atoms with E-state index < -0.39 is 23.2 Å². The van der Waals surface area contributed by atoms with Crippen molar-refractivity contribution in [2.24, 2.45) is 0 Å². The summed E-state index contributed by atoms with van der Waals surface area (Å²) in [6.45, 7) is 2.64. The lowest BCUT2D eigenvalue weighted by molar-refractivity contribution is -0.104. The summed E-state index contributed by atoms with van der Waals surface area (Å²) in [5, 5.41) is 10.7. The largest absolute Gasteiger partial charge is 0.505 e. The second kappa shape index (κ2) is 8.16. The Morgan fingerprint density at radius 2 is 1.83 bits per heavy atom. The van der Waals surface area contributed by atoms with Crippen LogP contribution in [0.25, 0.3) is 22.0 Å². The van der Waals surface area contributed by atoms with Crippen LogP contribution in [0, 0.1) is 17.5 Å². The average Bonchev–Trinajstić information content (AvgIpc) is 3.14. The molecule has 0 unspecified atom stereocenters. The van der Waals surface area contributed by atoms with Gasteiger partial charge in [-0.1, -0.05) is 11.6 Å². The first kappa shape index (κ1) is 20.5. The van der Waals surface area contributed by atoms with Crippen molar-refractivity contribution in [1.82, 2.24) is 9.27 Å². The molecule has 0 atom stereocenters. The Bertz CT molecular complexity index is 1160. The first-order chi connectivity index (χ1) is 14.4. The maximum atomic E-state index is 15.3. The molecular weight excluding hydrogens is 439 g/mol. The number of phenols is 1. The average molecular weight is 454 g/mol. The molecule has 0 spiro atoms. The lowest BCUT2D eigenvalue weighted by Gasteiger charge is -2.34. The number of nitrogens with zero attached hydrogens (tertiary/aromatic N) is 3. The van der Waals surface area contributed by atoms with E-state index in [4.69, 9.17) is 11.6 Å². The highest BCUT2D eigenvalue weighted by Gasteiger charge is 2.25. The minimum absolute atomic E-state index is 0.0286. The number of benzene rings is 2. The normalized spacial score (nSPS) is 14.8. The number of aldehydes is 1. The molecule has 0 aliphatic carbocycles. The van der Waals surface area contributed by atoms with E-state index in [1.165, 1.54) is 12.1 Å². The van der Waals surface area contributed by atoms with Gasteiger partial charge in [0.2, 0.25) is 0 Å². The maximum Gasteiger partial charge on any atom is 0.167 e. The lowest BCUT2D eigenvalue weighted by Crippen LogP contribution is -2.43. The molecule has 10 heteroatoms. The molecule has 4 rings (SSSR count). The molecule has 2 aromatic carbocycles. The molecular formula is C20H15ClF3N3O2S. The van der Waals surface area contributed by atoms with Gasteiger partial charge in [-0.3, -0.25) is 4.79 Å². The number of halogens is 4. The van der Waals surface area contributed by atoms with Crippen LogP contribution in [-0.4, -0.2) is 46.8 Å². The van der Waals surface area contributed by atoms with E-state index in [0.717, 1.165) is 28.9 Å². The van der Waals surface area contributed by atoms with Crippen molar-refractivity contribution >= 4 is 45.3 Å². The van der Waals surface area contributed by atoms with E-state index in [-0.39, 0.29) is 21.7 Å². The predicted molar refractivity (Wildman–Crippen MR) is 111 cm³/mol. The molecule has 0 saturated carbocycles. The Hall–Kier alpha value is -2.78. The maximum absolute atomic E-state index is 15.3. The van der Waals surface area contributed by atoms with Crippen LogP contribution in [0.15, 0.2) is 30.5 Å². The topological polar surface area (TPSA) is 56.7 Å². The number of hydrogen-bond donors (Lipinski definition) is 1. The van der Waals surface area contributed by atoms with Gasteiger partial charge in [-0.05, 0) is 29.7 Å². The minimum atomic E-state index is -1.15. The second-order valence-corrected chi connectivity index (χ2v) is 7.87. The van der Waals surface area contributed by atoms with E-state index in [1.54, 1.807) is 6.20 Å². The van der Waals surface area contributed by atoms with Gasteiger partial charge >= 0.3 is 0 Å². The van der Waals surface area contributed by atoms with Crippen LogP contribution in [0.3, 0.4) is 0 Å². The molecule has 1 fully saturated rings. The van der Waals surface area contributed by atoms with E-state index in [0.29, 0.717) is 37.6 Å². The molecule has 1 aliphatic rings. The summed E-state index contributed by atoms with van der Waals surface area (Å²) in [5.41, 5.74) is -0.595. The second-order valence-electron chi connectivity index (χ2n) is 6.72. The number of aromatic hydroxyl groups is 1. The third-order valence-corrected chi connectivity index (χ3v) is 6.15. The zero-order valence-corrected chi connectivity index (χ0v) is 17.0. The molecule has 2 heterocycles. The molecule has 1 N–H and O–H groups in total. The van der Waals surface area contributed by atoms with Crippen LogP contribution in [0.4, 0.5) is 18.2 Å². The fourth-order valence-corrected chi connectivity index (χ4v) is 4.64. The molecule has 0 bridgehead atoms. The number of aromatic nitrogens is 1. The Kier molecular flexibility index (Phi) is 5.57. The fourth-order valence-electron chi connectivity index (χ4n) is 3.43. The van der Waals surface area contributed by atoms with E-state index >= 15 is 4.39 Å². The Morgan fingerprint density at radius 1 is 1.10 bits per heavy atom. The monoisotopic (exact) mass is 453 g/mol. The van der Waals surface area contributed by atoms with Gasteiger partial charge in [-0.25, -0.2) is 13.2 Å². The van der Waals surface area contributed by atoms with Gasteiger partial charge in [-0.15, -0.1) is 0 Å². The third kappa shape index (κ3) is 3.59. The number of hydrogen-bond acceptors (Lipinski definition) is 6. The zero-order chi connectivity index (χ0) is 21.4. The summed E-state index contributed by atoms with van der Waals surface area (Å²) >= 11 is 7.39. The summed E-state index contributed by atoms with van der Waals surface area (Å²) in [6.07, 6.45) is 3.88. The number of carbonyl (C=O) groups is 1. The zero-order valence-electron chi connectivity index (χ0n) is 15.4. The Labute approximate surface area is 178 Å². The summed E-state index contributed by atoms with van der Waals surface area (Å²) in [6, 6.07) is 2.79. The van der Waals surface area contributed by atoms with Crippen molar-refractivity contribution in [3.05, 3.63) is 52.9 Å². The van der Waals surface area contributed by atoms with Gasteiger partial charge in [0.25, 0.3) is 0 Å². The van der Waals surface area contributed by atoms with Gasteiger partial charge in [-0.2, -0.15) is 4.37 Å².